The van der Waals surface area contributed by atoms with E-state index in [0.717, 1.165) is 103 Å². The van der Waals surface area contributed by atoms with E-state index in [-0.39, 0.29) is 76.5 Å². The summed E-state index contributed by atoms with van der Waals surface area (Å²) >= 11 is 0. The fourth-order valence-corrected chi connectivity index (χ4v) is 19.2. The second-order valence-corrected chi connectivity index (χ2v) is 26.7. The third kappa shape index (κ3) is 9.45. The van der Waals surface area contributed by atoms with Crippen molar-refractivity contribution in [3.8, 4) is 0 Å². The second kappa shape index (κ2) is 19.3. The van der Waals surface area contributed by atoms with Crippen molar-refractivity contribution >= 4 is 34.1 Å². The van der Waals surface area contributed by atoms with Gasteiger partial charge in [-0.05, 0) is 208 Å². The van der Waals surface area contributed by atoms with Crippen molar-refractivity contribution in [1.82, 2.24) is 16.0 Å². The lowest BCUT2D eigenvalue weighted by Gasteiger charge is -2.62. The molecule has 0 spiro atoms. The van der Waals surface area contributed by atoms with E-state index in [0.29, 0.717) is 77.9 Å². The fourth-order valence-electron chi connectivity index (χ4n) is 18.9. The van der Waals surface area contributed by atoms with Crippen molar-refractivity contribution < 1.29 is 42.4 Å². The number of rotatable bonds is 15. The van der Waals surface area contributed by atoms with E-state index in [9.17, 15) is 37.8 Å². The van der Waals surface area contributed by atoms with Crippen LogP contribution in [0.4, 0.5) is 0 Å². The van der Waals surface area contributed by atoms with E-state index in [2.05, 4.69) is 57.5 Å². The molecule has 12 nitrogen and oxygen atoms in total. The SMILES string of the molecule is C[C@H](CCC=O)[C@H]1CC[C@@H]2C3C(O)CC4CC(NC(=O)CC(=O)NC5CC[C@@]6(C)C(C5)CC(O)C5[C@H]7CC[C@H]([C@H](C)CCC(=O)NCCS(=O)(=O)O)[C@@]7(C)CC[C@H]56)CC[C@]4(C)[C@@H]3CC[C@@]21C. The number of carbonyl (C=O) groups excluding carboxylic acids is 4. The Labute approximate surface area is 396 Å². The van der Waals surface area contributed by atoms with E-state index < -0.39 is 22.0 Å². The maximum absolute atomic E-state index is 13.5. The van der Waals surface area contributed by atoms with Crippen molar-refractivity contribution in [2.45, 2.75) is 201 Å². The van der Waals surface area contributed by atoms with Gasteiger partial charge >= 0.3 is 0 Å². The Morgan fingerprint density at radius 1 is 0.621 bits per heavy atom. The first-order valence-corrected chi connectivity index (χ1v) is 28.3. The highest BCUT2D eigenvalue weighted by molar-refractivity contribution is 7.85. The lowest BCUT2D eigenvalue weighted by molar-refractivity contribution is -0.167. The fraction of sp³-hybridized carbons (Fsp3) is 0.925. The van der Waals surface area contributed by atoms with E-state index in [1.165, 1.54) is 19.3 Å². The van der Waals surface area contributed by atoms with Gasteiger partial charge in [0, 0.05) is 31.5 Å². The van der Waals surface area contributed by atoms with Gasteiger partial charge in [0.15, 0.2) is 0 Å². The molecule has 66 heavy (non-hydrogen) atoms. The van der Waals surface area contributed by atoms with Crippen LogP contribution in [0.5, 0.6) is 0 Å². The van der Waals surface area contributed by atoms with Crippen LogP contribution in [0.2, 0.25) is 0 Å². The summed E-state index contributed by atoms with van der Waals surface area (Å²) in [4.78, 5) is 50.7. The summed E-state index contributed by atoms with van der Waals surface area (Å²) in [5, 5.41) is 33.0. The normalized spacial score (nSPS) is 45.9. The Balaban J connectivity index is 0.797. The molecule has 0 aromatic heterocycles. The van der Waals surface area contributed by atoms with Gasteiger partial charge in [-0.3, -0.25) is 18.9 Å². The summed E-state index contributed by atoms with van der Waals surface area (Å²) in [5.41, 5.74) is 0.544. The first-order chi connectivity index (χ1) is 31.1. The van der Waals surface area contributed by atoms with Gasteiger partial charge in [0.1, 0.15) is 12.7 Å². The zero-order valence-corrected chi connectivity index (χ0v) is 42.1. The summed E-state index contributed by atoms with van der Waals surface area (Å²) in [5.74, 6) is 3.86. The quantitative estimate of drug-likeness (QED) is 0.0543. The van der Waals surface area contributed by atoms with E-state index in [1.54, 1.807) is 0 Å². The molecule has 6 N–H and O–H groups in total. The van der Waals surface area contributed by atoms with Crippen LogP contribution >= 0.6 is 0 Å². The number of hydrogen-bond acceptors (Lipinski definition) is 8. The van der Waals surface area contributed by atoms with Crippen LogP contribution in [-0.2, 0) is 29.3 Å². The van der Waals surface area contributed by atoms with Crippen LogP contribution in [0.3, 0.4) is 0 Å². The van der Waals surface area contributed by atoms with Crippen LogP contribution in [0.1, 0.15) is 176 Å². The minimum Gasteiger partial charge on any atom is -0.393 e. The highest BCUT2D eigenvalue weighted by Gasteiger charge is 2.65. The van der Waals surface area contributed by atoms with Gasteiger partial charge in [0.05, 0.1) is 18.0 Å². The Bertz CT molecular complexity index is 1920. The van der Waals surface area contributed by atoms with Crippen molar-refractivity contribution in [2.75, 3.05) is 12.3 Å². The highest BCUT2D eigenvalue weighted by atomic mass is 32.2. The largest absolute Gasteiger partial charge is 0.393 e. The Morgan fingerprint density at radius 3 is 1.52 bits per heavy atom. The average molecular weight is 942 g/mol. The van der Waals surface area contributed by atoms with Crippen molar-refractivity contribution in [3.63, 3.8) is 0 Å². The number of aliphatic hydroxyl groups excluding tert-OH is 2. The molecule has 0 aromatic rings. The molecule has 0 heterocycles. The summed E-state index contributed by atoms with van der Waals surface area (Å²) in [6, 6.07) is -0.000379. The molecule has 0 bridgehead atoms. The minimum absolute atomic E-state index is 0.0116. The van der Waals surface area contributed by atoms with Gasteiger partial charge in [0.25, 0.3) is 10.1 Å². The lowest BCUT2D eigenvalue weighted by Crippen LogP contribution is -2.60. The third-order valence-corrected chi connectivity index (χ3v) is 22.9. The zero-order valence-electron chi connectivity index (χ0n) is 41.3. The van der Waals surface area contributed by atoms with E-state index in [1.807, 2.05) is 0 Å². The van der Waals surface area contributed by atoms with Crippen molar-refractivity contribution in [3.05, 3.63) is 0 Å². The molecule has 8 fully saturated rings. The second-order valence-electron chi connectivity index (χ2n) is 25.2. The third-order valence-electron chi connectivity index (χ3n) is 22.2. The Kier molecular flexibility index (Phi) is 14.7. The van der Waals surface area contributed by atoms with Gasteiger partial charge in [0.2, 0.25) is 17.7 Å². The molecule has 0 saturated heterocycles. The molecule has 13 heteroatoms. The summed E-state index contributed by atoms with van der Waals surface area (Å²) in [6.45, 7) is 14.3. The molecule has 0 radical (unpaired) electrons. The predicted molar refractivity (Wildman–Crippen MR) is 254 cm³/mol. The molecular weight excluding hydrogens is 855 g/mol. The van der Waals surface area contributed by atoms with E-state index >= 15 is 0 Å². The number of amides is 3. The lowest BCUT2D eigenvalue weighted by atomic mass is 9.43. The van der Waals surface area contributed by atoms with Crippen LogP contribution in [0, 0.1) is 92.7 Å². The van der Waals surface area contributed by atoms with Gasteiger partial charge in [-0.1, -0.05) is 41.5 Å². The van der Waals surface area contributed by atoms with Gasteiger partial charge in [-0.25, -0.2) is 0 Å². The first kappa shape index (κ1) is 50.3. The standard InChI is InChI=1S/C53H87N3O9S/c1-31(8-7-24-57)37-10-12-39-48-41(17-21-52(37,39)5)50(3)19-15-35(26-33(50)28-43(48)58)55-46(61)30-47(62)56-36-16-20-51(4)34(27-36)29-44(59)49-40-13-11-38(53(40,6)22-18-42(49)51)32(2)9-14-45(60)54-23-25-66(63,64)65/h24,31-44,48-49,58-59H,7-23,25-30H2,1-6H3,(H,54,60)(H,55,61)(H,56,62)(H,63,64,65)/t31-,32-,33?,34?,35?,36?,37-,38-,39-,40-,41-,42-,43?,44?,48?,49?,50+,51+,52-,53-/m1/s1. The molecule has 8 rings (SSSR count). The molecular formula is C53H87N3O9S. The molecule has 374 valence electrons. The van der Waals surface area contributed by atoms with Crippen LogP contribution in [0.25, 0.3) is 0 Å². The number of carbonyl (C=O) groups is 4. The smallest absolute Gasteiger partial charge is 0.266 e. The monoisotopic (exact) mass is 942 g/mol. The maximum Gasteiger partial charge on any atom is 0.266 e. The number of nitrogens with one attached hydrogen (secondary N) is 3. The average Bonchev–Trinajstić information content (AvgIpc) is 3.79. The molecule has 0 aromatic carbocycles. The summed E-state index contributed by atoms with van der Waals surface area (Å²) in [6.07, 6.45) is 18.9. The van der Waals surface area contributed by atoms with Crippen LogP contribution < -0.4 is 16.0 Å². The number of aldehydes is 1. The Morgan fingerprint density at radius 2 is 1.06 bits per heavy atom. The summed E-state index contributed by atoms with van der Waals surface area (Å²) < 4.78 is 31.1. The van der Waals surface area contributed by atoms with E-state index in [4.69, 9.17) is 4.55 Å². The van der Waals surface area contributed by atoms with Crippen LogP contribution in [0.15, 0.2) is 0 Å². The number of hydrogen-bond donors (Lipinski definition) is 6. The summed E-state index contributed by atoms with van der Waals surface area (Å²) in [7, 11) is -4.12. The van der Waals surface area contributed by atoms with Gasteiger partial charge in [-0.2, -0.15) is 8.42 Å². The molecule has 8 aliphatic carbocycles. The number of aliphatic hydroxyl groups is 2. The van der Waals surface area contributed by atoms with Crippen LogP contribution in [-0.4, -0.2) is 83.8 Å². The van der Waals surface area contributed by atoms with Crippen molar-refractivity contribution in [1.29, 1.82) is 0 Å². The molecule has 8 aliphatic rings. The maximum atomic E-state index is 13.5. The molecule has 20 atom stereocenters. The zero-order chi connectivity index (χ0) is 47.6. The molecule has 8 unspecified atom stereocenters. The Hall–Kier alpha value is -2.09. The predicted octanol–water partition coefficient (Wildman–Crippen LogP) is 7.64. The van der Waals surface area contributed by atoms with Crippen molar-refractivity contribution in [2.24, 2.45) is 92.7 Å². The minimum atomic E-state index is -4.12. The van der Waals surface area contributed by atoms with Gasteiger partial charge < -0.3 is 31.0 Å². The van der Waals surface area contributed by atoms with Gasteiger partial charge in [-0.15, -0.1) is 0 Å². The first-order valence-electron chi connectivity index (χ1n) is 26.7. The molecule has 0 aliphatic heterocycles. The topological polar surface area (TPSA) is 199 Å². The number of fused-ring (bicyclic) bond motifs is 10. The molecule has 8 saturated carbocycles. The molecule has 3 amide bonds. The highest BCUT2D eigenvalue weighted by Crippen LogP contribution is 2.70.